The van der Waals surface area contributed by atoms with E-state index in [2.05, 4.69) is 41.2 Å². The summed E-state index contributed by atoms with van der Waals surface area (Å²) in [4.78, 5) is 14.3. The second-order valence-electron chi connectivity index (χ2n) is 8.36. The second kappa shape index (κ2) is 14.1. The minimum absolute atomic E-state index is 0. The van der Waals surface area contributed by atoms with Gasteiger partial charge in [-0.2, -0.15) is 0 Å². The molecule has 0 aliphatic carbocycles. The molecule has 0 radical (unpaired) electrons. The summed E-state index contributed by atoms with van der Waals surface area (Å²) in [6.45, 7) is 8.80. The van der Waals surface area contributed by atoms with Crippen molar-refractivity contribution in [2.24, 2.45) is 10.9 Å². The largest absolute Gasteiger partial charge is 0.381 e. The lowest BCUT2D eigenvalue weighted by Crippen LogP contribution is -2.40. The van der Waals surface area contributed by atoms with Crippen molar-refractivity contribution in [1.82, 2.24) is 15.2 Å². The molecular weight excluding hydrogens is 489 g/mol. The molecule has 2 fully saturated rings. The summed E-state index contributed by atoms with van der Waals surface area (Å²) >= 11 is 0. The van der Waals surface area contributed by atoms with E-state index in [0.717, 1.165) is 62.7 Å². The molecule has 0 atom stereocenters. The summed E-state index contributed by atoms with van der Waals surface area (Å²) < 4.78 is 5.47. The van der Waals surface area contributed by atoms with Gasteiger partial charge in [0, 0.05) is 52.6 Å². The van der Waals surface area contributed by atoms with Crippen molar-refractivity contribution in [3.8, 4) is 0 Å². The van der Waals surface area contributed by atoms with Crippen molar-refractivity contribution in [1.29, 1.82) is 0 Å². The Balaban J connectivity index is 0.00000320. The van der Waals surface area contributed by atoms with Crippen LogP contribution in [0.15, 0.2) is 23.3 Å². The predicted octanol–water partition coefficient (Wildman–Crippen LogP) is 4.29. The van der Waals surface area contributed by atoms with E-state index in [-0.39, 0.29) is 24.0 Å². The van der Waals surface area contributed by atoms with E-state index in [1.165, 1.54) is 44.9 Å². The van der Waals surface area contributed by atoms with Crippen molar-refractivity contribution in [3.05, 3.63) is 23.9 Å². The fraction of sp³-hybridized carbons (Fsp3) is 0.739. The lowest BCUT2D eigenvalue weighted by Gasteiger charge is -2.27. The predicted molar refractivity (Wildman–Crippen MR) is 136 cm³/mol. The number of aliphatic imine (C=N–C) groups is 1. The van der Waals surface area contributed by atoms with Crippen LogP contribution >= 0.6 is 24.0 Å². The minimum Gasteiger partial charge on any atom is -0.381 e. The average Bonchev–Trinajstić information content (AvgIpc) is 3.06. The van der Waals surface area contributed by atoms with Crippen molar-refractivity contribution >= 4 is 35.8 Å². The maximum Gasteiger partial charge on any atom is 0.193 e. The number of anilines is 1. The molecule has 3 rings (SSSR count). The highest BCUT2D eigenvalue weighted by atomic mass is 127. The average molecular weight is 530 g/mol. The van der Waals surface area contributed by atoms with Gasteiger partial charge in [-0.3, -0.25) is 0 Å². The number of pyridine rings is 1. The lowest BCUT2D eigenvalue weighted by atomic mass is 9.96. The third-order valence-electron chi connectivity index (χ3n) is 6.06. The number of nitrogens with zero attached hydrogens (tertiary/aromatic N) is 4. The van der Waals surface area contributed by atoms with Crippen LogP contribution in [-0.2, 0) is 11.3 Å². The molecule has 2 aliphatic heterocycles. The Hall–Kier alpha value is -1.09. The first-order valence-corrected chi connectivity index (χ1v) is 11.5. The standard InChI is InChI=1S/C23H39N5O.HI/c1-3-24-23(27(2)15-10-20-11-16-29-17-12-20)26-19-21-8-9-22(25-18-21)28-13-6-4-5-7-14-28;/h8-9,18,20H,3-7,10-17,19H2,1-2H3,(H,24,26);1H. The first kappa shape index (κ1) is 25.2. The van der Waals surface area contributed by atoms with Crippen LogP contribution in [0.4, 0.5) is 5.82 Å². The molecule has 0 unspecified atom stereocenters. The maximum absolute atomic E-state index is 5.47. The Bertz CT molecular complexity index is 611. The van der Waals surface area contributed by atoms with E-state index in [4.69, 9.17) is 14.7 Å². The fourth-order valence-electron chi connectivity index (χ4n) is 4.15. The van der Waals surface area contributed by atoms with Gasteiger partial charge < -0.3 is 19.9 Å². The van der Waals surface area contributed by atoms with Crippen LogP contribution in [0.25, 0.3) is 0 Å². The van der Waals surface area contributed by atoms with Gasteiger partial charge >= 0.3 is 0 Å². The number of rotatable bonds is 7. The highest BCUT2D eigenvalue weighted by Crippen LogP contribution is 2.19. The molecular formula is C23H40IN5O. The van der Waals surface area contributed by atoms with Crippen molar-refractivity contribution < 1.29 is 4.74 Å². The number of guanidine groups is 1. The van der Waals surface area contributed by atoms with E-state index in [1.54, 1.807) is 0 Å². The Kier molecular flexibility index (Phi) is 11.8. The van der Waals surface area contributed by atoms with Gasteiger partial charge in [-0.1, -0.05) is 18.9 Å². The van der Waals surface area contributed by atoms with Crippen LogP contribution in [0.2, 0.25) is 0 Å². The van der Waals surface area contributed by atoms with Gasteiger partial charge in [0.05, 0.1) is 6.54 Å². The van der Waals surface area contributed by atoms with E-state index < -0.39 is 0 Å². The Morgan fingerprint density at radius 3 is 2.57 bits per heavy atom. The first-order chi connectivity index (χ1) is 14.3. The number of ether oxygens (including phenoxy) is 1. The lowest BCUT2D eigenvalue weighted by molar-refractivity contribution is 0.0625. The fourth-order valence-corrected chi connectivity index (χ4v) is 4.15. The number of aromatic nitrogens is 1. The normalized spacial score (nSPS) is 18.5. The summed E-state index contributed by atoms with van der Waals surface area (Å²) in [5, 5.41) is 3.43. The monoisotopic (exact) mass is 529 g/mol. The first-order valence-electron chi connectivity index (χ1n) is 11.5. The maximum atomic E-state index is 5.47. The van der Waals surface area contributed by atoms with Gasteiger partial charge in [-0.25, -0.2) is 9.98 Å². The number of nitrogens with one attached hydrogen (secondary N) is 1. The van der Waals surface area contributed by atoms with Crippen LogP contribution in [0.3, 0.4) is 0 Å². The van der Waals surface area contributed by atoms with E-state index in [9.17, 15) is 0 Å². The zero-order chi connectivity index (χ0) is 20.3. The molecule has 170 valence electrons. The molecule has 2 saturated heterocycles. The van der Waals surface area contributed by atoms with E-state index >= 15 is 0 Å². The molecule has 0 amide bonds. The zero-order valence-corrected chi connectivity index (χ0v) is 21.1. The SMILES string of the molecule is CCNC(=NCc1ccc(N2CCCCCC2)nc1)N(C)CCC1CCOCC1.I. The summed E-state index contributed by atoms with van der Waals surface area (Å²) in [5.41, 5.74) is 1.16. The molecule has 1 N–H and O–H groups in total. The van der Waals surface area contributed by atoms with Crippen molar-refractivity contribution in [2.45, 2.75) is 58.4 Å². The second-order valence-corrected chi connectivity index (χ2v) is 8.36. The molecule has 0 saturated carbocycles. The zero-order valence-electron chi connectivity index (χ0n) is 18.8. The molecule has 3 heterocycles. The highest BCUT2D eigenvalue weighted by molar-refractivity contribution is 14.0. The van der Waals surface area contributed by atoms with Gasteiger partial charge in [0.1, 0.15) is 5.82 Å². The highest BCUT2D eigenvalue weighted by Gasteiger charge is 2.15. The minimum atomic E-state index is 0. The molecule has 0 spiro atoms. The van der Waals surface area contributed by atoms with Crippen LogP contribution in [0.1, 0.15) is 57.4 Å². The Morgan fingerprint density at radius 2 is 1.93 bits per heavy atom. The van der Waals surface area contributed by atoms with Crippen molar-refractivity contribution in [2.75, 3.05) is 51.3 Å². The summed E-state index contributed by atoms with van der Waals surface area (Å²) in [6, 6.07) is 4.35. The molecule has 6 nitrogen and oxygen atoms in total. The molecule has 7 heteroatoms. The number of halogens is 1. The van der Waals surface area contributed by atoms with Crippen LogP contribution < -0.4 is 10.2 Å². The number of hydrogen-bond donors (Lipinski definition) is 1. The smallest absolute Gasteiger partial charge is 0.193 e. The molecule has 30 heavy (non-hydrogen) atoms. The quantitative estimate of drug-likeness (QED) is 0.325. The molecule has 0 bridgehead atoms. The number of hydrogen-bond acceptors (Lipinski definition) is 4. The Labute approximate surface area is 199 Å². The van der Waals surface area contributed by atoms with E-state index in [1.807, 2.05) is 6.20 Å². The van der Waals surface area contributed by atoms with E-state index in [0.29, 0.717) is 6.54 Å². The third kappa shape index (κ3) is 8.21. The molecule has 2 aliphatic rings. The van der Waals surface area contributed by atoms with Crippen LogP contribution in [-0.4, -0.2) is 62.3 Å². The third-order valence-corrected chi connectivity index (χ3v) is 6.06. The van der Waals surface area contributed by atoms with Gasteiger partial charge in [-0.15, -0.1) is 24.0 Å². The Morgan fingerprint density at radius 1 is 1.20 bits per heavy atom. The molecule has 0 aromatic carbocycles. The van der Waals surface area contributed by atoms with Gasteiger partial charge in [0.2, 0.25) is 0 Å². The van der Waals surface area contributed by atoms with Gasteiger partial charge in [0.15, 0.2) is 5.96 Å². The topological polar surface area (TPSA) is 53.0 Å². The summed E-state index contributed by atoms with van der Waals surface area (Å²) in [6.07, 6.45) is 10.8. The summed E-state index contributed by atoms with van der Waals surface area (Å²) in [5.74, 6) is 2.88. The van der Waals surface area contributed by atoms with Gasteiger partial charge in [-0.05, 0) is 56.6 Å². The molecule has 1 aromatic rings. The van der Waals surface area contributed by atoms with Crippen LogP contribution in [0.5, 0.6) is 0 Å². The summed E-state index contributed by atoms with van der Waals surface area (Å²) in [7, 11) is 2.14. The van der Waals surface area contributed by atoms with Crippen molar-refractivity contribution in [3.63, 3.8) is 0 Å². The van der Waals surface area contributed by atoms with Gasteiger partial charge in [0.25, 0.3) is 0 Å². The molecule has 1 aromatic heterocycles. The van der Waals surface area contributed by atoms with Crippen LogP contribution in [0, 0.1) is 5.92 Å².